The van der Waals surface area contributed by atoms with Crippen LogP contribution in [0.25, 0.3) is 0 Å². The molecule has 2 N–H and O–H groups in total. The topological polar surface area (TPSA) is 71.5 Å². The first-order chi connectivity index (χ1) is 14.3. The van der Waals surface area contributed by atoms with Gasteiger partial charge in [0.1, 0.15) is 17.2 Å². The number of aryl methyl sites for hydroxylation is 1. The number of thiazole rings is 1. The standard InChI is InChI=1S/C21H18F3NO4S/c1-2-11-9-12(21(22,23)24)3-6-16(11)29-13-4-5-14-15(7-8-28-17(14)10-13)18-19(26)25-20(27)30-18/h3-6,9-10,15,26H,2,7-8H2,1H3,(H,25,27)/t15-/m1/s1. The number of ether oxygens (including phenoxy) is 2. The molecular weight excluding hydrogens is 419 g/mol. The van der Waals surface area contributed by atoms with Crippen LogP contribution in [0.2, 0.25) is 0 Å². The Morgan fingerprint density at radius 1 is 1.27 bits per heavy atom. The monoisotopic (exact) mass is 437 g/mol. The number of hydrogen-bond donors (Lipinski definition) is 2. The van der Waals surface area contributed by atoms with Crippen LogP contribution in [-0.4, -0.2) is 16.7 Å². The Morgan fingerprint density at radius 2 is 2.07 bits per heavy atom. The lowest BCUT2D eigenvalue weighted by Crippen LogP contribution is -2.14. The van der Waals surface area contributed by atoms with Crippen LogP contribution in [-0.2, 0) is 12.6 Å². The first-order valence-corrected chi connectivity index (χ1v) is 10.1. The molecule has 30 heavy (non-hydrogen) atoms. The van der Waals surface area contributed by atoms with E-state index in [1.165, 1.54) is 6.07 Å². The maximum Gasteiger partial charge on any atom is 0.416 e. The number of H-pyrrole nitrogens is 1. The minimum atomic E-state index is -4.41. The van der Waals surface area contributed by atoms with E-state index in [0.717, 1.165) is 29.0 Å². The zero-order chi connectivity index (χ0) is 21.5. The Labute approximate surface area is 173 Å². The van der Waals surface area contributed by atoms with Crippen molar-refractivity contribution < 1.29 is 27.8 Å². The number of aromatic nitrogens is 1. The van der Waals surface area contributed by atoms with Gasteiger partial charge in [-0.15, -0.1) is 0 Å². The molecule has 4 rings (SSSR count). The second kappa shape index (κ2) is 7.71. The summed E-state index contributed by atoms with van der Waals surface area (Å²) in [6, 6.07) is 8.57. The average molecular weight is 437 g/mol. The van der Waals surface area contributed by atoms with Gasteiger partial charge in [0.2, 0.25) is 5.88 Å². The third-order valence-corrected chi connectivity index (χ3v) is 5.98. The molecule has 0 spiro atoms. The summed E-state index contributed by atoms with van der Waals surface area (Å²) >= 11 is 0.960. The van der Waals surface area contributed by atoms with Crippen molar-refractivity contribution in [1.82, 2.24) is 4.98 Å². The van der Waals surface area contributed by atoms with Crippen molar-refractivity contribution in [3.05, 3.63) is 67.6 Å². The van der Waals surface area contributed by atoms with E-state index < -0.39 is 11.7 Å². The van der Waals surface area contributed by atoms with Crippen LogP contribution in [0.15, 0.2) is 41.2 Å². The maximum atomic E-state index is 13.0. The van der Waals surface area contributed by atoms with Crippen molar-refractivity contribution in [2.75, 3.05) is 6.61 Å². The van der Waals surface area contributed by atoms with Gasteiger partial charge in [-0.1, -0.05) is 24.3 Å². The van der Waals surface area contributed by atoms with Crippen LogP contribution in [0.5, 0.6) is 23.1 Å². The Morgan fingerprint density at radius 3 is 2.73 bits per heavy atom. The highest BCUT2D eigenvalue weighted by molar-refractivity contribution is 7.09. The van der Waals surface area contributed by atoms with Crippen LogP contribution in [0.1, 0.15) is 40.8 Å². The molecule has 0 unspecified atom stereocenters. The number of hydrogen-bond acceptors (Lipinski definition) is 5. The summed E-state index contributed by atoms with van der Waals surface area (Å²) in [6.07, 6.45) is -3.42. The van der Waals surface area contributed by atoms with Gasteiger partial charge in [-0.2, -0.15) is 13.2 Å². The molecule has 1 aliphatic heterocycles. The first kappa shape index (κ1) is 20.3. The Balaban J connectivity index is 1.64. The number of halogens is 3. The number of aromatic amines is 1. The van der Waals surface area contributed by atoms with Gasteiger partial charge in [-0.3, -0.25) is 9.78 Å². The molecule has 0 fully saturated rings. The third kappa shape index (κ3) is 3.89. The van der Waals surface area contributed by atoms with Crippen LogP contribution in [0, 0.1) is 0 Å². The zero-order valence-electron chi connectivity index (χ0n) is 15.9. The molecule has 2 aromatic carbocycles. The summed E-state index contributed by atoms with van der Waals surface area (Å²) in [4.78, 5) is 14.2. The lowest BCUT2D eigenvalue weighted by molar-refractivity contribution is -0.137. The van der Waals surface area contributed by atoms with Gasteiger partial charge in [0, 0.05) is 17.5 Å². The number of nitrogens with one attached hydrogen (secondary N) is 1. The van der Waals surface area contributed by atoms with Gasteiger partial charge in [-0.05, 0) is 42.7 Å². The predicted octanol–water partition coefficient (Wildman–Crippen LogP) is 5.43. The van der Waals surface area contributed by atoms with Crippen LogP contribution >= 0.6 is 11.3 Å². The molecule has 9 heteroatoms. The van der Waals surface area contributed by atoms with Gasteiger partial charge in [-0.25, -0.2) is 0 Å². The summed E-state index contributed by atoms with van der Waals surface area (Å²) in [7, 11) is 0. The molecule has 2 heterocycles. The van der Waals surface area contributed by atoms with Gasteiger partial charge >= 0.3 is 11.0 Å². The molecular formula is C21H18F3NO4S. The fourth-order valence-electron chi connectivity index (χ4n) is 3.53. The lowest BCUT2D eigenvalue weighted by atomic mass is 9.92. The van der Waals surface area contributed by atoms with Crippen LogP contribution < -0.4 is 14.3 Å². The molecule has 0 saturated heterocycles. The highest BCUT2D eigenvalue weighted by Crippen LogP contribution is 2.44. The van der Waals surface area contributed by atoms with Gasteiger partial charge in [0.15, 0.2) is 0 Å². The third-order valence-electron chi connectivity index (χ3n) is 4.99. The molecule has 1 aliphatic rings. The summed E-state index contributed by atoms with van der Waals surface area (Å²) in [5.41, 5.74) is 0.541. The Kier molecular flexibility index (Phi) is 5.23. The van der Waals surface area contributed by atoms with E-state index >= 15 is 0 Å². The molecule has 1 aromatic heterocycles. The SMILES string of the molecule is CCc1cc(C(F)(F)F)ccc1Oc1ccc2c(c1)OCC[C@H]2c1sc(=O)[nH]c1O. The average Bonchev–Trinajstić information content (AvgIpc) is 3.04. The lowest BCUT2D eigenvalue weighted by Gasteiger charge is -2.25. The minimum absolute atomic E-state index is 0.138. The van der Waals surface area contributed by atoms with Crippen LogP contribution in [0.3, 0.4) is 0 Å². The second-order valence-electron chi connectivity index (χ2n) is 6.89. The summed E-state index contributed by atoms with van der Waals surface area (Å²) < 4.78 is 50.5. The first-order valence-electron chi connectivity index (χ1n) is 9.33. The van der Waals surface area contributed by atoms with Crippen molar-refractivity contribution >= 4 is 11.3 Å². The van der Waals surface area contributed by atoms with Crippen molar-refractivity contribution in [1.29, 1.82) is 0 Å². The quantitative estimate of drug-likeness (QED) is 0.571. The van der Waals surface area contributed by atoms with Crippen molar-refractivity contribution in [3.63, 3.8) is 0 Å². The number of alkyl halides is 3. The molecule has 0 bridgehead atoms. The Bertz CT molecular complexity index is 1140. The smallest absolute Gasteiger partial charge is 0.416 e. The van der Waals surface area contributed by atoms with Crippen LogP contribution in [0.4, 0.5) is 13.2 Å². The minimum Gasteiger partial charge on any atom is -0.494 e. The predicted molar refractivity (Wildman–Crippen MR) is 106 cm³/mol. The normalized spacial score (nSPS) is 16.1. The number of fused-ring (bicyclic) bond motifs is 1. The summed E-state index contributed by atoms with van der Waals surface area (Å²) in [5.74, 6) is 0.994. The van der Waals surface area contributed by atoms with E-state index in [0.29, 0.717) is 47.1 Å². The second-order valence-corrected chi connectivity index (χ2v) is 7.91. The van der Waals surface area contributed by atoms with E-state index in [2.05, 4.69) is 4.98 Å². The number of rotatable bonds is 4. The fraction of sp³-hybridized carbons (Fsp3) is 0.286. The molecule has 5 nitrogen and oxygen atoms in total. The molecule has 0 aliphatic carbocycles. The summed E-state index contributed by atoms with van der Waals surface area (Å²) in [5, 5.41) is 10.0. The zero-order valence-corrected chi connectivity index (χ0v) is 16.7. The Hall–Kier alpha value is -2.94. The largest absolute Gasteiger partial charge is 0.494 e. The summed E-state index contributed by atoms with van der Waals surface area (Å²) in [6.45, 7) is 2.16. The molecule has 0 saturated carbocycles. The van der Waals surface area contributed by atoms with Crippen molar-refractivity contribution in [2.24, 2.45) is 0 Å². The van der Waals surface area contributed by atoms with Gasteiger partial charge in [0.25, 0.3) is 0 Å². The van der Waals surface area contributed by atoms with Gasteiger partial charge in [0.05, 0.1) is 17.0 Å². The van der Waals surface area contributed by atoms with E-state index in [4.69, 9.17) is 9.47 Å². The van der Waals surface area contributed by atoms with E-state index in [9.17, 15) is 23.1 Å². The fourth-order valence-corrected chi connectivity index (χ4v) is 4.41. The van der Waals surface area contributed by atoms with E-state index in [1.54, 1.807) is 25.1 Å². The molecule has 1 atom stereocenters. The highest BCUT2D eigenvalue weighted by atomic mass is 32.1. The molecule has 0 radical (unpaired) electrons. The molecule has 158 valence electrons. The number of aromatic hydroxyl groups is 1. The molecule has 3 aromatic rings. The maximum absolute atomic E-state index is 13.0. The highest BCUT2D eigenvalue weighted by Gasteiger charge is 2.31. The molecule has 0 amide bonds. The number of benzene rings is 2. The van der Waals surface area contributed by atoms with Crippen molar-refractivity contribution in [3.8, 4) is 23.1 Å². The van der Waals surface area contributed by atoms with E-state index in [1.807, 2.05) is 0 Å². The van der Waals surface area contributed by atoms with Gasteiger partial charge < -0.3 is 14.6 Å². The van der Waals surface area contributed by atoms with E-state index in [-0.39, 0.29) is 16.7 Å². The van der Waals surface area contributed by atoms with Crippen molar-refractivity contribution in [2.45, 2.75) is 31.9 Å².